The molecule has 636 valence electrons. The van der Waals surface area contributed by atoms with E-state index in [4.69, 9.17) is 47.4 Å². The van der Waals surface area contributed by atoms with Crippen molar-refractivity contribution in [1.29, 1.82) is 0 Å². The fourth-order valence-electron chi connectivity index (χ4n) is 13.6. The number of aromatic hydroxyl groups is 27. The number of aliphatic hydroxyl groups excluding tert-OH is 1. The monoisotopic (exact) mass is 1710 g/mol. The average molecular weight is 1710 g/mol. The van der Waals surface area contributed by atoms with Crippen molar-refractivity contribution in [3.63, 3.8) is 0 Å². The number of phenols is 27. The van der Waals surface area contributed by atoms with E-state index in [1.807, 2.05) is 0 Å². The molecule has 0 unspecified atom stereocenters. The summed E-state index contributed by atoms with van der Waals surface area (Å²) >= 11 is 0. The maximum atomic E-state index is 16.3. The average Bonchev–Trinajstić information content (AvgIpc) is 0.730. The van der Waals surface area contributed by atoms with E-state index < -0.39 is 367 Å². The van der Waals surface area contributed by atoms with Crippen LogP contribution in [0, 0.1) is 0 Å². The van der Waals surface area contributed by atoms with Crippen LogP contribution in [0.5, 0.6) is 155 Å². The molecule has 4 aliphatic rings. The van der Waals surface area contributed by atoms with E-state index >= 15 is 19.2 Å². The second-order valence-electron chi connectivity index (χ2n) is 26.7. The fourth-order valence-corrected chi connectivity index (χ4v) is 13.6. The van der Waals surface area contributed by atoms with Gasteiger partial charge in [-0.05, 0) is 72.8 Å². The summed E-state index contributed by atoms with van der Waals surface area (Å²) in [7, 11) is 0. The predicted octanol–water partition coefficient (Wildman–Crippen LogP) is 2.45. The van der Waals surface area contributed by atoms with Crippen LogP contribution < -0.4 is 0 Å². The van der Waals surface area contributed by atoms with Crippen LogP contribution in [-0.4, -0.2) is 265 Å². The summed E-state index contributed by atoms with van der Waals surface area (Å²) in [5.74, 6) is -63.4. The number of carbonyl (C=O) groups excluding carboxylic acids is 9. The van der Waals surface area contributed by atoms with Crippen molar-refractivity contribution in [2.24, 2.45) is 0 Å². The SMILES string of the molecule is O=C(OC[C@H]1O[C@H](OC(=O)c2cc(O)c(O)c(O)c2)[C@@H](OC(=O)c2cc(O)c(O)c(O)c2[C@H]2c3c(O)c(O)c(O)c4c3C(=O)O[C@H]2[C@@H]([C@@H]2OC(=O)c3cc(O)c(O)c(O)c3-c3c(cc(O)c(O)c3O)C(=O)OC[C@@H]2O)OC(=O)c2cc(O)c(O)c(O)c2-4)[C@@H](OC(=O)c2cc(O)c(O)c(O)c2)[C@H]1OC(=O)c1cc(O)c(O)c(O)c1)c1cc(O)c(O)c(O)c1. The molecule has 10 atom stereocenters. The number of ether oxygens (including phenoxy) is 10. The molecule has 4 aliphatic heterocycles. The lowest BCUT2D eigenvalue weighted by Crippen LogP contribution is -2.63. The maximum absolute atomic E-state index is 16.3. The Labute approximate surface area is 670 Å². The molecule has 1 saturated heterocycles. The normalized spacial score (nSPS) is 19.7. The van der Waals surface area contributed by atoms with Gasteiger partial charge in [-0.25, -0.2) is 43.2 Å². The molecule has 47 nitrogen and oxygen atoms in total. The Morgan fingerprint density at radius 2 is 0.639 bits per heavy atom. The molecule has 9 aromatic carbocycles. The van der Waals surface area contributed by atoms with Crippen molar-refractivity contribution in [2.45, 2.75) is 61.0 Å². The van der Waals surface area contributed by atoms with Crippen molar-refractivity contribution in [3.05, 3.63) is 134 Å². The number of carbonyl (C=O) groups is 9. The summed E-state index contributed by atoms with van der Waals surface area (Å²) < 4.78 is 57.3. The molecule has 0 radical (unpaired) electrons. The van der Waals surface area contributed by atoms with Gasteiger partial charge in [0.1, 0.15) is 25.4 Å². The van der Waals surface area contributed by atoms with Gasteiger partial charge in [-0.2, -0.15) is 0 Å². The summed E-state index contributed by atoms with van der Waals surface area (Å²) in [6, 6.07) is 3.71. The molecule has 9 aromatic rings. The number of hydrogen-bond acceptors (Lipinski definition) is 47. The van der Waals surface area contributed by atoms with Crippen molar-refractivity contribution in [1.82, 2.24) is 0 Å². The van der Waals surface area contributed by atoms with Gasteiger partial charge in [0, 0.05) is 33.4 Å². The van der Waals surface area contributed by atoms with E-state index in [0.717, 1.165) is 0 Å². The smallest absolute Gasteiger partial charge is 0.340 e. The summed E-state index contributed by atoms with van der Waals surface area (Å²) in [5, 5.41) is 311. The van der Waals surface area contributed by atoms with E-state index in [-0.39, 0.29) is 18.2 Å². The number of hydrogen-bond donors (Lipinski definition) is 28. The van der Waals surface area contributed by atoms with Crippen LogP contribution in [0.3, 0.4) is 0 Å². The number of fused-ring (bicyclic) bond motifs is 7. The highest BCUT2D eigenvalue weighted by molar-refractivity contribution is 6.12. The Morgan fingerprint density at radius 3 is 1.08 bits per heavy atom. The first kappa shape index (κ1) is 82.7. The van der Waals surface area contributed by atoms with Gasteiger partial charge in [-0.3, -0.25) is 0 Å². The van der Waals surface area contributed by atoms with Crippen molar-refractivity contribution >= 4 is 53.7 Å². The minimum Gasteiger partial charge on any atom is -0.504 e. The van der Waals surface area contributed by atoms with E-state index in [9.17, 15) is 167 Å². The molecule has 0 saturated carbocycles. The fraction of sp³-hybridized carbons (Fsp3) is 0.160. The van der Waals surface area contributed by atoms with E-state index in [2.05, 4.69) is 0 Å². The first-order valence-corrected chi connectivity index (χ1v) is 33.9. The number of cyclic esters (lactones) is 3. The van der Waals surface area contributed by atoms with Gasteiger partial charge < -0.3 is 190 Å². The van der Waals surface area contributed by atoms with Crippen LogP contribution in [0.15, 0.2) is 72.8 Å². The lowest BCUT2D eigenvalue weighted by atomic mass is 9.73. The Morgan fingerprint density at radius 1 is 0.303 bits per heavy atom. The van der Waals surface area contributed by atoms with Gasteiger partial charge >= 0.3 is 53.7 Å². The minimum absolute atomic E-state index is 0.000366. The zero-order valence-corrected chi connectivity index (χ0v) is 59.9. The predicted molar refractivity (Wildman–Crippen MR) is 379 cm³/mol. The third-order valence-corrected chi connectivity index (χ3v) is 19.3. The third kappa shape index (κ3) is 13.9. The molecule has 1 fully saturated rings. The molecule has 122 heavy (non-hydrogen) atoms. The van der Waals surface area contributed by atoms with Crippen LogP contribution in [0.25, 0.3) is 22.3 Å². The summed E-state index contributed by atoms with van der Waals surface area (Å²) in [6.45, 7) is -3.37. The zero-order valence-electron chi connectivity index (χ0n) is 59.9. The molecule has 4 heterocycles. The molecule has 28 N–H and O–H groups in total. The third-order valence-electron chi connectivity index (χ3n) is 19.3. The largest absolute Gasteiger partial charge is 0.504 e. The molecule has 0 spiro atoms. The Kier molecular flexibility index (Phi) is 20.6. The highest BCUT2D eigenvalue weighted by Crippen LogP contribution is 2.62. The van der Waals surface area contributed by atoms with E-state index in [1.54, 1.807) is 0 Å². The molecule has 0 amide bonds. The van der Waals surface area contributed by atoms with Crippen molar-refractivity contribution in [3.8, 4) is 177 Å². The Hall–Kier alpha value is -17.3. The maximum Gasteiger partial charge on any atom is 0.340 e. The molecular weight excluding hydrogens is 1650 g/mol. The van der Waals surface area contributed by atoms with Gasteiger partial charge in [0.05, 0.1) is 56.0 Å². The standard InChI is InChI=1S/C75H54O47/c76-23-1-15(2-24(77)45(23)89)66(104)114-14-36-61(117-67(105)16-3-25(78)46(90)26(79)4-16)64(119-68(106)17-5-27(80)47(91)28(81)6-17)65(75(115-36)122-69(107)18-7-29(82)48(92)30(83)8-18)121-73(111)22-12-34(87)52(96)56(100)40(22)43-42-44-41(57(101)59(103)58(42)102)39-21(11-33(86)51(95)55(39)99)72(110)120-63(62(43)118-74(44)112)60-35(88)13-113-70(108)19-9-31(84)49(93)53(97)37(19)38-20(71(109)116-60)10-32(85)50(94)54(38)98/h1-12,35-36,43,60-65,75-103H,13-14H2/t35-,36+,43-,60+,61-,62+,63+,64-,65-,75+/m0/s1. The molecule has 0 aliphatic carbocycles. The van der Waals surface area contributed by atoms with Crippen LogP contribution in [0.1, 0.15) is 110 Å². The van der Waals surface area contributed by atoms with Crippen LogP contribution >= 0.6 is 0 Å². The van der Waals surface area contributed by atoms with Gasteiger partial charge in [0.25, 0.3) is 0 Å². The summed E-state index contributed by atoms with van der Waals surface area (Å²) in [6.07, 6.45) is -27.9. The molecule has 2 bridgehead atoms. The first-order valence-electron chi connectivity index (χ1n) is 33.9. The van der Waals surface area contributed by atoms with Crippen LogP contribution in [0.4, 0.5) is 0 Å². The number of rotatable bonds is 13. The van der Waals surface area contributed by atoms with Gasteiger partial charge in [-0.1, -0.05) is 0 Å². The molecule has 0 aromatic heterocycles. The van der Waals surface area contributed by atoms with Crippen LogP contribution in [0.2, 0.25) is 0 Å². The summed E-state index contributed by atoms with van der Waals surface area (Å²) in [4.78, 5) is 135. The van der Waals surface area contributed by atoms with Crippen molar-refractivity contribution < 1.29 is 234 Å². The lowest BCUT2D eigenvalue weighted by Gasteiger charge is -2.44. The lowest BCUT2D eigenvalue weighted by molar-refractivity contribution is -0.282. The quantitative estimate of drug-likeness (QED) is 0.0448. The van der Waals surface area contributed by atoms with Crippen LogP contribution in [-0.2, 0) is 47.4 Å². The summed E-state index contributed by atoms with van der Waals surface area (Å²) in [5.41, 5.74) is -20.6. The number of benzene rings is 9. The zero-order chi connectivity index (χ0) is 89.2. The second kappa shape index (κ2) is 30.4. The minimum atomic E-state index is -3.32. The molecule has 13 rings (SSSR count). The molecule has 47 heteroatoms. The van der Waals surface area contributed by atoms with Gasteiger partial charge in [-0.15, -0.1) is 0 Å². The van der Waals surface area contributed by atoms with Crippen molar-refractivity contribution in [2.75, 3.05) is 13.2 Å². The Bertz CT molecular complexity index is 5990. The highest BCUT2D eigenvalue weighted by atomic mass is 16.8. The topological polar surface area (TPSA) is 812 Å². The Balaban J connectivity index is 1.07. The van der Waals surface area contributed by atoms with E-state index in [0.29, 0.717) is 54.6 Å². The van der Waals surface area contributed by atoms with E-state index in [1.165, 1.54) is 0 Å². The highest BCUT2D eigenvalue weighted by Gasteiger charge is 2.59. The number of aliphatic hydroxyl groups is 1. The van der Waals surface area contributed by atoms with Gasteiger partial charge in [0.15, 0.2) is 157 Å². The first-order chi connectivity index (χ1) is 57.3. The number of phenolic OH excluding ortho intramolecular Hbond substituents is 27. The van der Waals surface area contributed by atoms with Gasteiger partial charge in [0.2, 0.25) is 41.1 Å². The molecular formula is C75H54O47. The second-order valence-corrected chi connectivity index (χ2v) is 26.7. The number of esters is 9.